The van der Waals surface area contributed by atoms with Crippen LogP contribution in [0.5, 0.6) is 0 Å². The van der Waals surface area contributed by atoms with Crippen LogP contribution in [-0.4, -0.2) is 24.1 Å². The van der Waals surface area contributed by atoms with Gasteiger partial charge >= 0.3 is 11.8 Å². The maximum Gasteiger partial charge on any atom is 0.382 e. The molecule has 0 bridgehead atoms. The third kappa shape index (κ3) is 4.18. The molecule has 1 rings (SSSR count). The molecule has 0 aliphatic carbocycles. The minimum Gasteiger partial charge on any atom is -0.460 e. The van der Waals surface area contributed by atoms with Crippen LogP contribution in [0, 0.1) is 0 Å². The number of hydrogen-bond donors (Lipinski definition) is 0. The first-order valence-corrected chi connectivity index (χ1v) is 5.43. The van der Waals surface area contributed by atoms with E-state index in [1.807, 2.05) is 30.3 Å². The highest BCUT2D eigenvalue weighted by molar-refractivity contribution is 6.62. The summed E-state index contributed by atoms with van der Waals surface area (Å²) < 4.78 is 4.47. The molecule has 0 atom stereocenters. The SMILES string of the molecule is CCOC(=O)C(=O)C(=O)CCc1ccccc1. The van der Waals surface area contributed by atoms with E-state index < -0.39 is 17.5 Å². The van der Waals surface area contributed by atoms with Gasteiger partial charge in [-0.05, 0) is 18.9 Å². The topological polar surface area (TPSA) is 60.4 Å². The van der Waals surface area contributed by atoms with Crippen LogP contribution in [0.2, 0.25) is 0 Å². The zero-order valence-electron chi connectivity index (χ0n) is 9.64. The van der Waals surface area contributed by atoms with Crippen molar-refractivity contribution in [2.75, 3.05) is 6.61 Å². The van der Waals surface area contributed by atoms with Gasteiger partial charge < -0.3 is 4.74 Å². The fourth-order valence-corrected chi connectivity index (χ4v) is 1.33. The molecule has 0 N–H and O–H groups in total. The van der Waals surface area contributed by atoms with Crippen LogP contribution in [0.1, 0.15) is 18.9 Å². The van der Waals surface area contributed by atoms with E-state index in [0.717, 1.165) is 5.56 Å². The maximum atomic E-state index is 11.4. The zero-order valence-corrected chi connectivity index (χ0v) is 9.64. The highest BCUT2D eigenvalue weighted by Crippen LogP contribution is 2.03. The average Bonchev–Trinajstić information content (AvgIpc) is 2.36. The number of ketones is 2. The summed E-state index contributed by atoms with van der Waals surface area (Å²) >= 11 is 0. The quantitative estimate of drug-likeness (QED) is 0.423. The largest absolute Gasteiger partial charge is 0.460 e. The Labute approximate surface area is 99.6 Å². The molecule has 0 unspecified atom stereocenters. The second-order valence-corrected chi connectivity index (χ2v) is 3.46. The minimum absolute atomic E-state index is 0.0294. The number of aryl methyl sites for hydroxylation is 1. The fourth-order valence-electron chi connectivity index (χ4n) is 1.33. The van der Waals surface area contributed by atoms with E-state index in [4.69, 9.17) is 0 Å². The van der Waals surface area contributed by atoms with Crippen molar-refractivity contribution < 1.29 is 19.1 Å². The van der Waals surface area contributed by atoms with E-state index in [9.17, 15) is 14.4 Å². The summed E-state index contributed by atoms with van der Waals surface area (Å²) in [6.07, 6.45) is 0.479. The van der Waals surface area contributed by atoms with Gasteiger partial charge in [-0.15, -0.1) is 0 Å². The van der Waals surface area contributed by atoms with Crippen molar-refractivity contribution >= 4 is 17.5 Å². The number of carbonyl (C=O) groups excluding carboxylic acids is 3. The summed E-state index contributed by atoms with van der Waals surface area (Å²) in [5, 5.41) is 0. The molecular weight excluding hydrogens is 220 g/mol. The van der Waals surface area contributed by atoms with E-state index in [-0.39, 0.29) is 13.0 Å². The average molecular weight is 234 g/mol. The Balaban J connectivity index is 2.45. The summed E-state index contributed by atoms with van der Waals surface area (Å²) in [5.41, 5.74) is 0.956. The van der Waals surface area contributed by atoms with Crippen LogP contribution in [0.15, 0.2) is 30.3 Å². The van der Waals surface area contributed by atoms with Gasteiger partial charge in [0, 0.05) is 6.42 Å². The molecule has 0 radical (unpaired) electrons. The molecule has 0 fully saturated rings. The van der Waals surface area contributed by atoms with Gasteiger partial charge in [-0.25, -0.2) is 4.79 Å². The Morgan fingerprint density at radius 3 is 2.35 bits per heavy atom. The Kier molecular flexibility index (Phi) is 5.07. The van der Waals surface area contributed by atoms with Crippen LogP contribution >= 0.6 is 0 Å². The molecule has 0 aliphatic rings. The summed E-state index contributed by atoms with van der Waals surface area (Å²) in [6.45, 7) is 1.68. The molecule has 1 aromatic carbocycles. The highest BCUT2D eigenvalue weighted by atomic mass is 16.5. The molecule has 17 heavy (non-hydrogen) atoms. The molecule has 4 nitrogen and oxygen atoms in total. The maximum absolute atomic E-state index is 11.4. The lowest BCUT2D eigenvalue weighted by molar-refractivity contribution is -0.156. The van der Waals surface area contributed by atoms with Crippen molar-refractivity contribution in [1.29, 1.82) is 0 Å². The van der Waals surface area contributed by atoms with Gasteiger partial charge in [-0.2, -0.15) is 0 Å². The number of rotatable bonds is 6. The van der Waals surface area contributed by atoms with Crippen LogP contribution < -0.4 is 0 Å². The van der Waals surface area contributed by atoms with Crippen molar-refractivity contribution in [2.45, 2.75) is 19.8 Å². The summed E-state index contributed by atoms with van der Waals surface area (Å²) in [7, 11) is 0. The molecule has 0 saturated heterocycles. The van der Waals surface area contributed by atoms with Crippen molar-refractivity contribution in [1.82, 2.24) is 0 Å². The third-order valence-corrected chi connectivity index (χ3v) is 2.20. The van der Waals surface area contributed by atoms with Gasteiger partial charge in [-0.1, -0.05) is 30.3 Å². The van der Waals surface area contributed by atoms with Gasteiger partial charge in [-0.3, -0.25) is 9.59 Å². The molecule has 0 heterocycles. The Morgan fingerprint density at radius 1 is 1.12 bits per heavy atom. The van der Waals surface area contributed by atoms with Crippen LogP contribution in [-0.2, 0) is 25.5 Å². The van der Waals surface area contributed by atoms with E-state index in [0.29, 0.717) is 6.42 Å². The van der Waals surface area contributed by atoms with E-state index >= 15 is 0 Å². The lowest BCUT2D eigenvalue weighted by Gasteiger charge is -2.01. The third-order valence-electron chi connectivity index (χ3n) is 2.20. The first-order valence-electron chi connectivity index (χ1n) is 5.43. The fraction of sp³-hybridized carbons (Fsp3) is 0.308. The van der Waals surface area contributed by atoms with Crippen molar-refractivity contribution in [2.24, 2.45) is 0 Å². The van der Waals surface area contributed by atoms with Gasteiger partial charge in [0.15, 0.2) is 0 Å². The Bertz CT molecular complexity index is 409. The van der Waals surface area contributed by atoms with Gasteiger partial charge in [0.25, 0.3) is 0 Å². The van der Waals surface area contributed by atoms with Crippen LogP contribution in [0.3, 0.4) is 0 Å². The molecular formula is C13H14O4. The van der Waals surface area contributed by atoms with Gasteiger partial charge in [0.1, 0.15) is 0 Å². The highest BCUT2D eigenvalue weighted by Gasteiger charge is 2.23. The van der Waals surface area contributed by atoms with Crippen LogP contribution in [0.4, 0.5) is 0 Å². The monoisotopic (exact) mass is 234 g/mol. The molecule has 0 aliphatic heterocycles. The van der Waals surface area contributed by atoms with E-state index in [1.165, 1.54) is 0 Å². The zero-order chi connectivity index (χ0) is 12.7. The molecule has 0 aromatic heterocycles. The number of hydrogen-bond acceptors (Lipinski definition) is 4. The molecule has 0 spiro atoms. The first-order chi connectivity index (χ1) is 8.15. The molecule has 90 valence electrons. The van der Waals surface area contributed by atoms with Crippen molar-refractivity contribution in [3.63, 3.8) is 0 Å². The summed E-state index contributed by atoms with van der Waals surface area (Å²) in [4.78, 5) is 33.6. The second kappa shape index (κ2) is 6.58. The van der Waals surface area contributed by atoms with Gasteiger partial charge in [0.2, 0.25) is 5.78 Å². The Hall–Kier alpha value is -1.97. The normalized spacial score (nSPS) is 9.71. The number of benzene rings is 1. The second-order valence-electron chi connectivity index (χ2n) is 3.46. The molecule has 0 saturated carbocycles. The lowest BCUT2D eigenvalue weighted by Crippen LogP contribution is -2.26. The molecule has 4 heteroatoms. The first kappa shape index (κ1) is 13.1. The molecule has 0 amide bonds. The van der Waals surface area contributed by atoms with Crippen molar-refractivity contribution in [3.05, 3.63) is 35.9 Å². The Morgan fingerprint density at radius 2 is 1.76 bits per heavy atom. The number of esters is 1. The minimum atomic E-state index is -1.07. The van der Waals surface area contributed by atoms with Gasteiger partial charge in [0.05, 0.1) is 6.61 Å². The standard InChI is InChI=1S/C13H14O4/c1-2-17-13(16)12(15)11(14)9-8-10-6-4-3-5-7-10/h3-7H,2,8-9H2,1H3. The van der Waals surface area contributed by atoms with Crippen molar-refractivity contribution in [3.8, 4) is 0 Å². The lowest BCUT2D eigenvalue weighted by atomic mass is 10.1. The van der Waals surface area contributed by atoms with E-state index in [2.05, 4.69) is 4.74 Å². The van der Waals surface area contributed by atoms with E-state index in [1.54, 1.807) is 6.92 Å². The predicted molar refractivity (Wildman–Crippen MR) is 61.4 cm³/mol. The smallest absolute Gasteiger partial charge is 0.382 e. The number of carbonyl (C=O) groups is 3. The molecule has 1 aromatic rings. The summed E-state index contributed by atoms with van der Waals surface area (Å²) in [6, 6.07) is 9.30. The van der Waals surface area contributed by atoms with Crippen LogP contribution in [0.25, 0.3) is 0 Å². The summed E-state index contributed by atoms with van der Waals surface area (Å²) in [5.74, 6) is -2.83. The number of Topliss-reactive ketones (excluding diaryl/α,β-unsaturated/α-hetero) is 2. The number of ether oxygens (including phenoxy) is 1. The predicted octanol–water partition coefficient (Wildman–Crippen LogP) is 1.32.